The molecule has 0 unspecified atom stereocenters. The summed E-state index contributed by atoms with van der Waals surface area (Å²) in [6.45, 7) is 4.69. The van der Waals surface area contributed by atoms with Crippen LogP contribution in [0.2, 0.25) is 0 Å². The van der Waals surface area contributed by atoms with Crippen molar-refractivity contribution in [1.82, 2.24) is 9.78 Å². The van der Waals surface area contributed by atoms with E-state index in [0.29, 0.717) is 0 Å². The highest BCUT2D eigenvalue weighted by Gasteiger charge is 2.01. The first-order valence-corrected chi connectivity index (χ1v) is 3.53. The van der Waals surface area contributed by atoms with Crippen LogP contribution in [0.1, 0.15) is 19.5 Å². The lowest BCUT2D eigenvalue weighted by Crippen LogP contribution is -1.95. The minimum absolute atomic E-state index is 0.263. The van der Waals surface area contributed by atoms with Crippen molar-refractivity contribution in [3.8, 4) is 5.88 Å². The van der Waals surface area contributed by atoms with Crippen molar-refractivity contribution in [2.45, 2.75) is 26.8 Å². The smallest absolute Gasteiger partial charge is 0.209 e. The molecule has 0 atom stereocenters. The van der Waals surface area contributed by atoms with Crippen LogP contribution >= 0.6 is 0 Å². The van der Waals surface area contributed by atoms with Crippen molar-refractivity contribution < 1.29 is 5.11 Å². The van der Waals surface area contributed by atoms with E-state index in [0.717, 1.165) is 18.7 Å². The van der Waals surface area contributed by atoms with Crippen LogP contribution in [0.15, 0.2) is 6.07 Å². The van der Waals surface area contributed by atoms with Gasteiger partial charge in [-0.05, 0) is 13.3 Å². The van der Waals surface area contributed by atoms with Crippen molar-refractivity contribution in [3.63, 3.8) is 0 Å². The van der Waals surface area contributed by atoms with Crippen molar-refractivity contribution in [2.75, 3.05) is 0 Å². The fraction of sp³-hybridized carbons (Fsp3) is 0.571. The van der Waals surface area contributed by atoms with Gasteiger partial charge in [-0.3, -0.25) is 0 Å². The van der Waals surface area contributed by atoms with Gasteiger partial charge in [-0.1, -0.05) is 6.92 Å². The van der Waals surface area contributed by atoms with Gasteiger partial charge in [0.2, 0.25) is 5.88 Å². The Bertz CT molecular complexity index is 217. The van der Waals surface area contributed by atoms with Gasteiger partial charge in [0, 0.05) is 12.6 Å². The molecule has 0 fully saturated rings. The summed E-state index contributed by atoms with van der Waals surface area (Å²) in [5.74, 6) is 0.263. The van der Waals surface area contributed by atoms with Gasteiger partial charge in [-0.15, -0.1) is 0 Å². The summed E-state index contributed by atoms with van der Waals surface area (Å²) >= 11 is 0. The van der Waals surface area contributed by atoms with Crippen LogP contribution in [-0.4, -0.2) is 14.9 Å². The van der Waals surface area contributed by atoms with Gasteiger partial charge < -0.3 is 5.11 Å². The molecule has 0 aromatic carbocycles. The molecule has 0 radical (unpaired) electrons. The lowest BCUT2D eigenvalue weighted by molar-refractivity contribution is 0.405. The van der Waals surface area contributed by atoms with Gasteiger partial charge in [-0.25, -0.2) is 4.68 Å². The molecule has 3 heteroatoms. The molecular formula is C7H12N2O. The Hall–Kier alpha value is -0.990. The first-order chi connectivity index (χ1) is 4.77. The number of hydrogen-bond acceptors (Lipinski definition) is 2. The summed E-state index contributed by atoms with van der Waals surface area (Å²) in [5, 5.41) is 13.3. The summed E-state index contributed by atoms with van der Waals surface area (Å²) in [4.78, 5) is 0. The quantitative estimate of drug-likeness (QED) is 0.669. The van der Waals surface area contributed by atoms with E-state index in [-0.39, 0.29) is 5.88 Å². The van der Waals surface area contributed by atoms with Gasteiger partial charge in [0.15, 0.2) is 0 Å². The Kier molecular flexibility index (Phi) is 1.94. The van der Waals surface area contributed by atoms with Crippen LogP contribution in [0.5, 0.6) is 5.88 Å². The second kappa shape index (κ2) is 2.73. The molecule has 0 bridgehead atoms. The lowest BCUT2D eigenvalue weighted by Gasteiger charge is -1.94. The molecule has 1 aromatic rings. The average Bonchev–Trinajstić information content (AvgIpc) is 2.30. The molecular weight excluding hydrogens is 128 g/mol. The fourth-order valence-corrected chi connectivity index (χ4v) is 0.864. The molecule has 3 nitrogen and oxygen atoms in total. The average molecular weight is 140 g/mol. The van der Waals surface area contributed by atoms with E-state index in [4.69, 9.17) is 5.11 Å². The molecule has 1 N–H and O–H groups in total. The summed E-state index contributed by atoms with van der Waals surface area (Å²) in [6, 6.07) is 1.70. The molecule has 1 aromatic heterocycles. The van der Waals surface area contributed by atoms with Gasteiger partial charge in [0.05, 0.1) is 5.69 Å². The third kappa shape index (κ3) is 1.12. The topological polar surface area (TPSA) is 38.0 Å². The minimum Gasteiger partial charge on any atom is -0.493 e. The number of aromatic nitrogens is 2. The van der Waals surface area contributed by atoms with Crippen LogP contribution in [0.4, 0.5) is 0 Å². The Morgan fingerprint density at radius 2 is 2.30 bits per heavy atom. The van der Waals surface area contributed by atoms with E-state index in [1.54, 1.807) is 10.7 Å². The number of nitrogens with zero attached hydrogens (tertiary/aromatic N) is 2. The highest BCUT2D eigenvalue weighted by atomic mass is 16.3. The monoisotopic (exact) mass is 140 g/mol. The zero-order valence-corrected chi connectivity index (χ0v) is 6.33. The molecule has 1 heterocycles. The summed E-state index contributed by atoms with van der Waals surface area (Å²) in [6.07, 6.45) is 0.876. The van der Waals surface area contributed by atoms with Crippen LogP contribution in [0.25, 0.3) is 0 Å². The Labute approximate surface area is 60.3 Å². The molecule has 0 saturated carbocycles. The third-order valence-electron chi connectivity index (χ3n) is 1.47. The summed E-state index contributed by atoms with van der Waals surface area (Å²) < 4.78 is 1.58. The summed E-state index contributed by atoms with van der Waals surface area (Å²) in [5.41, 5.74) is 0.944. The minimum atomic E-state index is 0.263. The largest absolute Gasteiger partial charge is 0.493 e. The maximum Gasteiger partial charge on any atom is 0.209 e. The third-order valence-corrected chi connectivity index (χ3v) is 1.47. The number of aromatic hydroxyl groups is 1. The van der Waals surface area contributed by atoms with Gasteiger partial charge in [-0.2, -0.15) is 5.10 Å². The maximum absolute atomic E-state index is 9.16. The predicted octanol–water partition coefficient (Wildman–Crippen LogP) is 1.17. The Morgan fingerprint density at radius 3 is 2.60 bits per heavy atom. The predicted molar refractivity (Wildman–Crippen MR) is 38.9 cm³/mol. The molecule has 0 aliphatic carbocycles. The summed E-state index contributed by atoms with van der Waals surface area (Å²) in [7, 11) is 0. The highest BCUT2D eigenvalue weighted by molar-refractivity contribution is 5.13. The molecule has 10 heavy (non-hydrogen) atoms. The van der Waals surface area contributed by atoms with Gasteiger partial charge in [0.1, 0.15) is 0 Å². The van der Waals surface area contributed by atoms with Crippen molar-refractivity contribution in [1.29, 1.82) is 0 Å². The van der Waals surface area contributed by atoms with E-state index in [1.165, 1.54) is 0 Å². The number of rotatable bonds is 2. The van der Waals surface area contributed by atoms with Gasteiger partial charge >= 0.3 is 0 Å². The molecule has 0 aliphatic heterocycles. The molecule has 1 rings (SSSR count). The first-order valence-electron chi connectivity index (χ1n) is 3.53. The van der Waals surface area contributed by atoms with Crippen molar-refractivity contribution >= 4 is 0 Å². The highest BCUT2D eigenvalue weighted by Crippen LogP contribution is 2.10. The van der Waals surface area contributed by atoms with Crippen molar-refractivity contribution in [3.05, 3.63) is 11.8 Å². The van der Waals surface area contributed by atoms with Crippen LogP contribution in [0.3, 0.4) is 0 Å². The Morgan fingerprint density at radius 1 is 1.60 bits per heavy atom. The van der Waals surface area contributed by atoms with E-state index in [9.17, 15) is 0 Å². The van der Waals surface area contributed by atoms with Crippen LogP contribution < -0.4 is 0 Å². The second-order valence-electron chi connectivity index (χ2n) is 2.16. The second-order valence-corrected chi connectivity index (χ2v) is 2.16. The first kappa shape index (κ1) is 7.12. The van der Waals surface area contributed by atoms with E-state index < -0.39 is 0 Å². The molecule has 0 aliphatic rings. The standard InChI is InChI=1S/C7H12N2O/c1-3-6-5-7(10)9(4-2)8-6/h5,10H,3-4H2,1-2H3. The Balaban J connectivity index is 2.92. The molecule has 0 saturated heterocycles. The number of hydrogen-bond donors (Lipinski definition) is 1. The molecule has 56 valence electrons. The van der Waals surface area contributed by atoms with E-state index >= 15 is 0 Å². The van der Waals surface area contributed by atoms with Crippen LogP contribution in [0, 0.1) is 0 Å². The zero-order valence-electron chi connectivity index (χ0n) is 6.33. The SMILES string of the molecule is CCc1cc(O)n(CC)n1. The van der Waals surface area contributed by atoms with Gasteiger partial charge in [0.25, 0.3) is 0 Å². The number of aryl methyl sites for hydroxylation is 2. The van der Waals surface area contributed by atoms with E-state index in [2.05, 4.69) is 5.10 Å². The van der Waals surface area contributed by atoms with Crippen LogP contribution in [-0.2, 0) is 13.0 Å². The molecule has 0 spiro atoms. The van der Waals surface area contributed by atoms with Crippen molar-refractivity contribution in [2.24, 2.45) is 0 Å². The maximum atomic E-state index is 9.16. The molecule has 0 amide bonds. The fourth-order valence-electron chi connectivity index (χ4n) is 0.864. The zero-order chi connectivity index (χ0) is 7.56. The van der Waals surface area contributed by atoms with E-state index in [1.807, 2.05) is 13.8 Å². The lowest BCUT2D eigenvalue weighted by atomic mass is 10.3. The normalized spacial score (nSPS) is 10.2.